The van der Waals surface area contributed by atoms with Gasteiger partial charge in [-0.1, -0.05) is 6.42 Å². The maximum absolute atomic E-state index is 13.0. The van der Waals surface area contributed by atoms with Crippen LogP contribution in [0.25, 0.3) is 0 Å². The van der Waals surface area contributed by atoms with Crippen molar-refractivity contribution >= 4 is 17.5 Å². The third kappa shape index (κ3) is 2.43. The van der Waals surface area contributed by atoms with Gasteiger partial charge in [-0.15, -0.1) is 0 Å². The van der Waals surface area contributed by atoms with Crippen molar-refractivity contribution in [1.29, 1.82) is 0 Å². The highest BCUT2D eigenvalue weighted by molar-refractivity contribution is 8.00. The molecule has 0 spiro atoms. The van der Waals surface area contributed by atoms with E-state index in [0.717, 1.165) is 37.1 Å². The molecule has 0 radical (unpaired) electrons. The fourth-order valence-corrected chi connectivity index (χ4v) is 3.06. The Morgan fingerprint density at radius 1 is 1.25 bits per heavy atom. The van der Waals surface area contributed by atoms with Gasteiger partial charge in [0, 0.05) is 5.56 Å². The van der Waals surface area contributed by atoms with Crippen LogP contribution in [0.4, 0.5) is 8.78 Å². The number of benzene rings is 1. The zero-order valence-corrected chi connectivity index (χ0v) is 9.53. The highest BCUT2D eigenvalue weighted by Crippen LogP contribution is 2.28. The van der Waals surface area contributed by atoms with E-state index in [2.05, 4.69) is 0 Å². The minimum Gasteiger partial charge on any atom is -0.293 e. The van der Waals surface area contributed by atoms with E-state index in [1.807, 2.05) is 0 Å². The summed E-state index contributed by atoms with van der Waals surface area (Å²) in [4.78, 5) is 12.0. The van der Waals surface area contributed by atoms with Crippen LogP contribution >= 0.6 is 11.8 Å². The summed E-state index contributed by atoms with van der Waals surface area (Å²) >= 11 is 1.61. The molecule has 1 nitrogen and oxygen atoms in total. The lowest BCUT2D eigenvalue weighted by Crippen LogP contribution is -2.21. The molecule has 2 rings (SSSR count). The topological polar surface area (TPSA) is 17.1 Å². The lowest BCUT2D eigenvalue weighted by Gasteiger charge is -2.19. The van der Waals surface area contributed by atoms with Gasteiger partial charge in [0.15, 0.2) is 17.4 Å². The van der Waals surface area contributed by atoms with Crippen LogP contribution in [0.15, 0.2) is 18.2 Å². The number of ketones is 1. The molecule has 1 heterocycles. The van der Waals surface area contributed by atoms with Gasteiger partial charge >= 0.3 is 0 Å². The van der Waals surface area contributed by atoms with Gasteiger partial charge in [-0.25, -0.2) is 8.78 Å². The average Bonchev–Trinajstić information content (AvgIpc) is 2.33. The highest BCUT2D eigenvalue weighted by atomic mass is 32.2. The smallest absolute Gasteiger partial charge is 0.175 e. The summed E-state index contributed by atoms with van der Waals surface area (Å²) in [7, 11) is 0. The Morgan fingerprint density at radius 2 is 2.06 bits per heavy atom. The standard InChI is InChI=1S/C12H12F2OS/c13-9-5-4-8(7-10(9)14)12(15)11-3-1-2-6-16-11/h4-5,7,11H,1-3,6H2. The Kier molecular flexibility index (Phi) is 3.59. The van der Waals surface area contributed by atoms with E-state index in [4.69, 9.17) is 0 Å². The van der Waals surface area contributed by atoms with Crippen molar-refractivity contribution in [2.24, 2.45) is 0 Å². The van der Waals surface area contributed by atoms with Gasteiger partial charge in [0.05, 0.1) is 5.25 Å². The van der Waals surface area contributed by atoms with Crippen LogP contribution in [0.3, 0.4) is 0 Å². The van der Waals surface area contributed by atoms with Crippen LogP contribution in [0.5, 0.6) is 0 Å². The molecule has 1 fully saturated rings. The van der Waals surface area contributed by atoms with E-state index in [0.29, 0.717) is 0 Å². The maximum atomic E-state index is 13.0. The first-order valence-corrected chi connectivity index (χ1v) is 6.34. The van der Waals surface area contributed by atoms with Gasteiger partial charge in [0.2, 0.25) is 0 Å². The van der Waals surface area contributed by atoms with Crippen molar-refractivity contribution in [2.45, 2.75) is 24.5 Å². The Bertz CT molecular complexity index is 400. The van der Waals surface area contributed by atoms with Gasteiger partial charge < -0.3 is 0 Å². The predicted molar refractivity (Wildman–Crippen MR) is 60.8 cm³/mol. The summed E-state index contributed by atoms with van der Waals surface area (Å²) in [6.45, 7) is 0. The number of hydrogen-bond donors (Lipinski definition) is 0. The molecule has 1 aliphatic rings. The molecule has 4 heteroatoms. The summed E-state index contributed by atoms with van der Waals surface area (Å²) in [6, 6.07) is 3.36. The number of hydrogen-bond acceptors (Lipinski definition) is 2. The van der Waals surface area contributed by atoms with Gasteiger partial charge in [-0.3, -0.25) is 4.79 Å². The number of Topliss-reactive ketones (excluding diaryl/α,β-unsaturated/α-hetero) is 1. The first-order valence-electron chi connectivity index (χ1n) is 5.29. The number of halogens is 2. The molecule has 0 aromatic heterocycles. The number of carbonyl (C=O) groups is 1. The third-order valence-corrected chi connectivity index (χ3v) is 4.05. The van der Waals surface area contributed by atoms with Crippen LogP contribution in [0.2, 0.25) is 0 Å². The molecule has 1 unspecified atom stereocenters. The second kappa shape index (κ2) is 4.95. The molecule has 0 bridgehead atoms. The molecule has 0 amide bonds. The Hall–Kier alpha value is -0.900. The van der Waals surface area contributed by atoms with Crippen molar-refractivity contribution in [2.75, 3.05) is 5.75 Å². The van der Waals surface area contributed by atoms with Gasteiger partial charge in [0.25, 0.3) is 0 Å². The summed E-state index contributed by atoms with van der Waals surface area (Å²) < 4.78 is 25.7. The number of thioether (sulfide) groups is 1. The Morgan fingerprint density at radius 3 is 2.69 bits per heavy atom. The molecule has 0 aliphatic carbocycles. The summed E-state index contributed by atoms with van der Waals surface area (Å²) in [5.41, 5.74) is 0.276. The van der Waals surface area contributed by atoms with Crippen LogP contribution in [-0.4, -0.2) is 16.8 Å². The summed E-state index contributed by atoms with van der Waals surface area (Å²) in [5.74, 6) is -0.969. The largest absolute Gasteiger partial charge is 0.293 e. The monoisotopic (exact) mass is 242 g/mol. The normalized spacial score (nSPS) is 20.8. The summed E-state index contributed by atoms with van der Waals surface area (Å²) in [5, 5.41) is -0.0846. The lowest BCUT2D eigenvalue weighted by molar-refractivity contribution is 0.0984. The predicted octanol–water partition coefficient (Wildman–Crippen LogP) is 3.43. The van der Waals surface area contributed by atoms with Gasteiger partial charge in [-0.2, -0.15) is 11.8 Å². The second-order valence-corrected chi connectivity index (χ2v) is 5.16. The molecule has 0 saturated carbocycles. The molecule has 16 heavy (non-hydrogen) atoms. The molecule has 1 aromatic carbocycles. The average molecular weight is 242 g/mol. The third-order valence-electron chi connectivity index (χ3n) is 2.68. The zero-order chi connectivity index (χ0) is 11.5. The molecular formula is C12H12F2OS. The van der Waals surface area contributed by atoms with E-state index in [1.54, 1.807) is 11.8 Å². The lowest BCUT2D eigenvalue weighted by atomic mass is 10.0. The van der Waals surface area contributed by atoms with Crippen molar-refractivity contribution in [1.82, 2.24) is 0 Å². The molecule has 1 aromatic rings. The second-order valence-electron chi connectivity index (χ2n) is 3.85. The summed E-state index contributed by atoms with van der Waals surface area (Å²) in [6.07, 6.45) is 3.00. The first kappa shape index (κ1) is 11.6. The Labute approximate surface area is 97.2 Å². The fraction of sp³-hybridized carbons (Fsp3) is 0.417. The SMILES string of the molecule is O=C(c1ccc(F)c(F)c1)C1CCCCS1. The maximum Gasteiger partial charge on any atom is 0.175 e. The first-order chi connectivity index (χ1) is 7.68. The minimum absolute atomic E-state index is 0.0800. The van der Waals surface area contributed by atoms with Crippen molar-refractivity contribution in [3.05, 3.63) is 35.4 Å². The van der Waals surface area contributed by atoms with Crippen molar-refractivity contribution in [3.8, 4) is 0 Å². The van der Waals surface area contributed by atoms with E-state index in [-0.39, 0.29) is 16.6 Å². The van der Waals surface area contributed by atoms with E-state index in [9.17, 15) is 13.6 Å². The molecule has 1 aliphatic heterocycles. The fourth-order valence-electron chi connectivity index (χ4n) is 1.78. The molecule has 0 N–H and O–H groups in total. The van der Waals surface area contributed by atoms with E-state index < -0.39 is 11.6 Å². The van der Waals surface area contributed by atoms with Crippen molar-refractivity contribution in [3.63, 3.8) is 0 Å². The Balaban J connectivity index is 2.16. The van der Waals surface area contributed by atoms with E-state index in [1.165, 1.54) is 6.07 Å². The molecule has 86 valence electrons. The quantitative estimate of drug-likeness (QED) is 0.739. The van der Waals surface area contributed by atoms with Crippen LogP contribution < -0.4 is 0 Å². The molecule has 1 atom stereocenters. The van der Waals surface area contributed by atoms with Crippen LogP contribution in [-0.2, 0) is 0 Å². The van der Waals surface area contributed by atoms with E-state index >= 15 is 0 Å². The molecule has 1 saturated heterocycles. The number of carbonyl (C=O) groups excluding carboxylic acids is 1. The zero-order valence-electron chi connectivity index (χ0n) is 8.71. The highest BCUT2D eigenvalue weighted by Gasteiger charge is 2.23. The minimum atomic E-state index is -0.952. The van der Waals surface area contributed by atoms with Gasteiger partial charge in [0.1, 0.15) is 0 Å². The number of rotatable bonds is 2. The van der Waals surface area contributed by atoms with Gasteiger partial charge in [-0.05, 0) is 36.8 Å². The van der Waals surface area contributed by atoms with Crippen molar-refractivity contribution < 1.29 is 13.6 Å². The van der Waals surface area contributed by atoms with Crippen LogP contribution in [0, 0.1) is 11.6 Å². The molecular weight excluding hydrogens is 230 g/mol. The van der Waals surface area contributed by atoms with Crippen LogP contribution in [0.1, 0.15) is 29.6 Å².